The average Bonchev–Trinajstić information content (AvgIpc) is 3.53. The zero-order valence-electron chi connectivity index (χ0n) is 32.2. The quantitative estimate of drug-likeness (QED) is 0.0936. The molecule has 52 heavy (non-hydrogen) atoms. The third-order valence-electron chi connectivity index (χ3n) is 9.03. The van der Waals surface area contributed by atoms with Crippen LogP contribution >= 0.6 is 0 Å². The molecule has 9 atom stereocenters. The van der Waals surface area contributed by atoms with Gasteiger partial charge in [0.05, 0.1) is 12.2 Å². The first-order valence-corrected chi connectivity index (χ1v) is 17.5. The lowest BCUT2D eigenvalue weighted by Gasteiger charge is -2.41. The lowest BCUT2D eigenvalue weighted by atomic mass is 9.71. The van der Waals surface area contributed by atoms with Gasteiger partial charge in [-0.1, -0.05) is 57.7 Å². The average molecular weight is 730 g/mol. The van der Waals surface area contributed by atoms with Gasteiger partial charge < -0.3 is 39.3 Å². The maximum absolute atomic E-state index is 13.4. The van der Waals surface area contributed by atoms with Crippen LogP contribution in [0.1, 0.15) is 106 Å². The lowest BCUT2D eigenvalue weighted by molar-refractivity contribution is -0.170. The molecule has 2 aliphatic rings. The van der Waals surface area contributed by atoms with Crippen molar-refractivity contribution in [2.45, 2.75) is 132 Å². The van der Waals surface area contributed by atoms with Gasteiger partial charge in [0.2, 0.25) is 0 Å². The Morgan fingerprint density at radius 3 is 2.29 bits per heavy atom. The largest absolute Gasteiger partial charge is 0.460 e. The summed E-state index contributed by atoms with van der Waals surface area (Å²) < 4.78 is 21.9. The monoisotopic (exact) mass is 729 g/mol. The van der Waals surface area contributed by atoms with Crippen LogP contribution in [0.4, 0.5) is 0 Å². The van der Waals surface area contributed by atoms with Gasteiger partial charge in [-0.25, -0.2) is 9.59 Å². The number of esters is 3. The summed E-state index contributed by atoms with van der Waals surface area (Å²) in [5, 5.41) is 33.2. The second-order valence-corrected chi connectivity index (χ2v) is 14.6. The van der Waals surface area contributed by atoms with E-state index in [4.69, 9.17) is 18.9 Å². The van der Waals surface area contributed by atoms with Crippen molar-refractivity contribution in [3.8, 4) is 0 Å². The molecule has 3 rings (SSSR count). The van der Waals surface area contributed by atoms with Crippen molar-refractivity contribution in [2.24, 2.45) is 17.8 Å². The molecule has 0 bridgehead atoms. The molecule has 0 saturated heterocycles. The topological polar surface area (TPSA) is 165 Å². The van der Waals surface area contributed by atoms with E-state index in [-0.39, 0.29) is 31.1 Å². The second-order valence-electron chi connectivity index (χ2n) is 14.6. The van der Waals surface area contributed by atoms with Crippen LogP contribution in [0.15, 0.2) is 65.9 Å². The molecule has 1 aromatic heterocycles. The van der Waals surface area contributed by atoms with Gasteiger partial charge in [-0.05, 0) is 96.2 Å². The number of aromatic amines is 1. The molecular formula is C41H63NO10. The number of nitrogens with one attached hydrogen (secondary N) is 1. The van der Waals surface area contributed by atoms with E-state index in [1.54, 1.807) is 71.2 Å². The van der Waals surface area contributed by atoms with Gasteiger partial charge in [0.1, 0.15) is 29.1 Å². The number of hydrogen-bond donors (Lipinski definition) is 4. The standard InChI is InChI=1S/C34H47NO8.C6H12O2.CH4/c1-9-10-11-19(2)26-15-28(35-18-26)32(38)43-31(22(5)23(6)36)25-12-13-27-16-29(41-8)33(39)42-30(24(7)37)20(3)14-21(4)34(27,40)17-25;1-5(7)8-6(2,3)4;/h9-15,17-18,20,22-24,27,29-31,35-37,40H,16H2,1-8H3;1-4H3;1H4/b10-9-,19-11+,21-14+;;/t20?,22-,23?,24?,27?,29+,30?,31-,34?;;/m1../s1. The molecule has 6 unspecified atom stereocenters. The van der Waals surface area contributed by atoms with E-state index in [2.05, 4.69) is 4.98 Å². The van der Waals surface area contributed by atoms with E-state index in [9.17, 15) is 29.7 Å². The van der Waals surface area contributed by atoms with Gasteiger partial charge in [-0.2, -0.15) is 0 Å². The molecule has 0 amide bonds. The van der Waals surface area contributed by atoms with E-state index >= 15 is 0 Å². The molecule has 11 nitrogen and oxygen atoms in total. The smallest absolute Gasteiger partial charge is 0.355 e. The maximum atomic E-state index is 13.4. The van der Waals surface area contributed by atoms with Crippen LogP contribution < -0.4 is 0 Å². The van der Waals surface area contributed by atoms with E-state index in [0.29, 0.717) is 11.1 Å². The summed E-state index contributed by atoms with van der Waals surface area (Å²) in [7, 11) is 1.40. The van der Waals surface area contributed by atoms with Gasteiger partial charge in [0, 0.05) is 38.0 Å². The van der Waals surface area contributed by atoms with Crippen LogP contribution in [0.2, 0.25) is 0 Å². The minimum atomic E-state index is -1.58. The van der Waals surface area contributed by atoms with Crippen molar-refractivity contribution in [3.63, 3.8) is 0 Å². The van der Waals surface area contributed by atoms with Crippen LogP contribution in [-0.4, -0.2) is 87.0 Å². The van der Waals surface area contributed by atoms with E-state index in [1.165, 1.54) is 14.0 Å². The number of fused-ring (bicyclic) bond motifs is 1. The highest BCUT2D eigenvalue weighted by molar-refractivity contribution is 5.89. The van der Waals surface area contributed by atoms with Crippen molar-refractivity contribution in [1.29, 1.82) is 0 Å². The number of H-pyrrole nitrogens is 1. The number of aliphatic hydroxyl groups is 3. The highest BCUT2D eigenvalue weighted by atomic mass is 16.6. The van der Waals surface area contributed by atoms with Crippen molar-refractivity contribution >= 4 is 23.5 Å². The third-order valence-corrected chi connectivity index (χ3v) is 9.03. The highest BCUT2D eigenvalue weighted by Crippen LogP contribution is 2.41. The predicted octanol–water partition coefficient (Wildman–Crippen LogP) is 6.66. The molecule has 0 spiro atoms. The summed E-state index contributed by atoms with van der Waals surface area (Å²) in [5.74, 6) is -2.96. The Hall–Kier alpha value is -3.77. The van der Waals surface area contributed by atoms with Gasteiger partial charge in [0.25, 0.3) is 0 Å². The molecule has 11 heteroatoms. The maximum Gasteiger partial charge on any atom is 0.355 e. The first-order chi connectivity index (χ1) is 23.6. The Bertz CT molecular complexity index is 1500. The number of carbonyl (C=O) groups excluding carboxylic acids is 3. The molecule has 2 heterocycles. The summed E-state index contributed by atoms with van der Waals surface area (Å²) in [5.41, 5.74) is 1.26. The van der Waals surface area contributed by atoms with Gasteiger partial charge in [-0.3, -0.25) is 4.79 Å². The van der Waals surface area contributed by atoms with Crippen LogP contribution in [0.25, 0.3) is 5.57 Å². The van der Waals surface area contributed by atoms with Crippen LogP contribution in [-0.2, 0) is 28.5 Å². The number of hydrogen-bond acceptors (Lipinski definition) is 10. The fraction of sp³-hybridized carbons (Fsp3) is 0.585. The molecule has 292 valence electrons. The van der Waals surface area contributed by atoms with Crippen LogP contribution in [0.3, 0.4) is 0 Å². The summed E-state index contributed by atoms with van der Waals surface area (Å²) in [6.45, 7) is 19.3. The first kappa shape index (κ1) is 46.3. The summed E-state index contributed by atoms with van der Waals surface area (Å²) in [4.78, 5) is 39.6. The van der Waals surface area contributed by atoms with Gasteiger partial charge >= 0.3 is 17.9 Å². The van der Waals surface area contributed by atoms with Crippen LogP contribution in [0.5, 0.6) is 0 Å². The molecule has 1 aliphatic carbocycles. The highest BCUT2D eigenvalue weighted by Gasteiger charge is 2.44. The van der Waals surface area contributed by atoms with Crippen molar-refractivity contribution in [1.82, 2.24) is 4.98 Å². The molecule has 0 aromatic carbocycles. The van der Waals surface area contributed by atoms with Crippen molar-refractivity contribution < 1.29 is 48.7 Å². The number of carbonyl (C=O) groups is 3. The Labute approximate surface area is 310 Å². The molecule has 4 N–H and O–H groups in total. The zero-order valence-corrected chi connectivity index (χ0v) is 32.2. The number of cyclic esters (lactones) is 1. The molecule has 1 aliphatic heterocycles. The Morgan fingerprint density at radius 2 is 1.79 bits per heavy atom. The number of aliphatic hydroxyl groups excluding tert-OH is 2. The van der Waals surface area contributed by atoms with E-state index in [0.717, 1.165) is 11.1 Å². The predicted molar refractivity (Wildman–Crippen MR) is 203 cm³/mol. The van der Waals surface area contributed by atoms with E-state index < -0.39 is 65.8 Å². The first-order valence-electron chi connectivity index (χ1n) is 17.5. The van der Waals surface area contributed by atoms with Crippen molar-refractivity contribution in [2.75, 3.05) is 7.11 Å². The lowest BCUT2D eigenvalue weighted by Crippen LogP contribution is -2.46. The summed E-state index contributed by atoms with van der Waals surface area (Å²) in [6, 6.07) is 1.72. The molecule has 0 saturated carbocycles. The van der Waals surface area contributed by atoms with Crippen LogP contribution in [0, 0.1) is 17.8 Å². The van der Waals surface area contributed by atoms with Gasteiger partial charge in [0.15, 0.2) is 6.10 Å². The molecule has 0 fully saturated rings. The Balaban J connectivity index is 0.00000134. The SMILES string of the molecule is C.C/C=C\C=C(/C)c1c[nH]c(C(=O)O[C@@H](C2=CC3(O)/C(C)=C/C(C)C(C(C)O)OC(=O)[C@@H](OC)CC3C=C2)[C@H](C)C(C)O)c1.CC(=O)OC(C)(C)C. The molecule has 0 radical (unpaired) electrons. The number of methoxy groups -OCH3 is 1. The second kappa shape index (κ2) is 19.9. The minimum absolute atomic E-state index is 0. The summed E-state index contributed by atoms with van der Waals surface area (Å²) >= 11 is 0. The zero-order chi connectivity index (χ0) is 38.8. The fourth-order valence-corrected chi connectivity index (χ4v) is 6.04. The van der Waals surface area contributed by atoms with E-state index in [1.807, 2.05) is 52.8 Å². The van der Waals surface area contributed by atoms with Crippen molar-refractivity contribution in [3.05, 3.63) is 77.2 Å². The number of rotatable bonds is 9. The minimum Gasteiger partial charge on any atom is -0.460 e. The van der Waals surface area contributed by atoms with Gasteiger partial charge in [-0.15, -0.1) is 0 Å². The molecular weight excluding hydrogens is 666 g/mol. The summed E-state index contributed by atoms with van der Waals surface area (Å²) in [6.07, 6.45) is 10.1. The molecule has 1 aromatic rings. The number of allylic oxidation sites excluding steroid dienone is 4. The number of aromatic nitrogens is 1. The normalized spacial score (nSPS) is 27.1. The number of ether oxygens (including phenoxy) is 4. The Morgan fingerprint density at radius 1 is 1.15 bits per heavy atom. The Kier molecular flexibility index (Phi) is 17.7. The fourth-order valence-electron chi connectivity index (χ4n) is 6.04. The third kappa shape index (κ3) is 12.7.